The van der Waals surface area contributed by atoms with E-state index in [-0.39, 0.29) is 6.10 Å². The first-order valence-electron chi connectivity index (χ1n) is 7.50. The van der Waals surface area contributed by atoms with Gasteiger partial charge in [0.1, 0.15) is 0 Å². The van der Waals surface area contributed by atoms with Crippen LogP contribution < -0.4 is 5.73 Å². The van der Waals surface area contributed by atoms with Gasteiger partial charge in [-0.1, -0.05) is 19.3 Å². The van der Waals surface area contributed by atoms with Gasteiger partial charge >= 0.3 is 0 Å². The molecule has 0 spiro atoms. The monoisotopic (exact) mass is 271 g/mol. The SMILES string of the molecule is NC(=S)[N+]1(C2CCCCCCC2)CCC(O)CC1. The Morgan fingerprint density at radius 2 is 1.44 bits per heavy atom. The molecule has 1 saturated heterocycles. The van der Waals surface area contributed by atoms with Gasteiger partial charge in [-0.3, -0.25) is 4.48 Å². The first-order chi connectivity index (χ1) is 8.65. The second-order valence-electron chi connectivity index (χ2n) is 6.05. The summed E-state index contributed by atoms with van der Waals surface area (Å²) < 4.78 is 0.812. The molecule has 4 heteroatoms. The molecule has 0 aromatic heterocycles. The van der Waals surface area contributed by atoms with Crippen molar-refractivity contribution in [2.24, 2.45) is 5.73 Å². The van der Waals surface area contributed by atoms with Crippen LogP contribution in [0.25, 0.3) is 0 Å². The third kappa shape index (κ3) is 3.03. The number of rotatable bonds is 1. The molecule has 1 heterocycles. The summed E-state index contributed by atoms with van der Waals surface area (Å²) in [4.78, 5) is 0. The lowest BCUT2D eigenvalue weighted by Crippen LogP contribution is -2.65. The predicted molar refractivity (Wildman–Crippen MR) is 78.1 cm³/mol. The zero-order valence-electron chi connectivity index (χ0n) is 11.3. The molecule has 3 N–H and O–H groups in total. The standard InChI is InChI=1S/C14H26N2OS/c15-14(18)16(10-8-13(17)9-11-16)12-6-4-2-1-3-5-7-12/h12-13,17H,1-11H2,(H-,15,18)/p+1. The van der Waals surface area contributed by atoms with E-state index in [9.17, 15) is 5.11 Å². The van der Waals surface area contributed by atoms with Gasteiger partial charge in [-0.25, -0.2) is 0 Å². The zero-order chi connectivity index (χ0) is 13.0. The van der Waals surface area contributed by atoms with E-state index >= 15 is 0 Å². The largest absolute Gasteiger partial charge is 0.393 e. The minimum Gasteiger partial charge on any atom is -0.393 e. The van der Waals surface area contributed by atoms with Crippen molar-refractivity contribution in [1.29, 1.82) is 0 Å². The summed E-state index contributed by atoms with van der Waals surface area (Å²) in [5, 5.41) is 10.4. The number of nitrogens with zero attached hydrogens (tertiary/aromatic N) is 1. The minimum atomic E-state index is -0.140. The van der Waals surface area contributed by atoms with E-state index in [4.69, 9.17) is 18.0 Å². The molecule has 1 saturated carbocycles. The zero-order valence-corrected chi connectivity index (χ0v) is 12.1. The fraction of sp³-hybridized carbons (Fsp3) is 0.929. The van der Waals surface area contributed by atoms with Crippen molar-refractivity contribution in [3.05, 3.63) is 0 Å². The summed E-state index contributed by atoms with van der Waals surface area (Å²) >= 11 is 5.39. The Bertz CT molecular complexity index is 280. The molecule has 0 aromatic rings. The van der Waals surface area contributed by atoms with Gasteiger partial charge < -0.3 is 10.8 Å². The van der Waals surface area contributed by atoms with Crippen LogP contribution in [0.4, 0.5) is 0 Å². The van der Waals surface area contributed by atoms with Crippen molar-refractivity contribution in [1.82, 2.24) is 0 Å². The van der Waals surface area contributed by atoms with Crippen molar-refractivity contribution in [3.8, 4) is 0 Å². The first-order valence-corrected chi connectivity index (χ1v) is 7.91. The Hall–Kier alpha value is -0.190. The quantitative estimate of drug-likeness (QED) is 0.568. The molecule has 0 bridgehead atoms. The molecule has 0 atom stereocenters. The first kappa shape index (κ1) is 14.2. The molecule has 18 heavy (non-hydrogen) atoms. The lowest BCUT2D eigenvalue weighted by molar-refractivity contribution is -0.873. The number of aliphatic hydroxyl groups is 1. The third-order valence-corrected chi connectivity index (χ3v) is 5.30. The van der Waals surface area contributed by atoms with E-state index in [1.165, 1.54) is 44.9 Å². The van der Waals surface area contributed by atoms with Gasteiger partial charge in [0.2, 0.25) is 0 Å². The number of quaternary nitrogens is 1. The Kier molecular flexibility index (Phi) is 4.98. The molecule has 2 aliphatic rings. The Balaban J connectivity index is 2.09. The molecule has 0 amide bonds. The van der Waals surface area contributed by atoms with Gasteiger partial charge in [-0.05, 0) is 25.7 Å². The maximum atomic E-state index is 9.73. The van der Waals surface area contributed by atoms with Crippen LogP contribution in [0.1, 0.15) is 57.8 Å². The van der Waals surface area contributed by atoms with Crippen molar-refractivity contribution < 1.29 is 9.59 Å². The Morgan fingerprint density at radius 1 is 0.944 bits per heavy atom. The second-order valence-corrected chi connectivity index (χ2v) is 6.47. The van der Waals surface area contributed by atoms with Crippen LogP contribution in [0.2, 0.25) is 0 Å². The number of nitrogens with two attached hydrogens (primary N) is 1. The molecule has 3 nitrogen and oxygen atoms in total. The maximum absolute atomic E-state index is 9.73. The summed E-state index contributed by atoms with van der Waals surface area (Å²) in [7, 11) is 0. The summed E-state index contributed by atoms with van der Waals surface area (Å²) in [6.45, 7) is 1.89. The highest BCUT2D eigenvalue weighted by atomic mass is 32.1. The Morgan fingerprint density at radius 3 is 1.94 bits per heavy atom. The molecule has 1 aliphatic heterocycles. The molecule has 2 rings (SSSR count). The van der Waals surface area contributed by atoms with E-state index in [2.05, 4.69) is 0 Å². The van der Waals surface area contributed by atoms with Gasteiger partial charge in [0, 0.05) is 25.1 Å². The number of hydrogen-bond donors (Lipinski definition) is 2. The van der Waals surface area contributed by atoms with Gasteiger partial charge in [-0.15, -0.1) is 0 Å². The van der Waals surface area contributed by atoms with Gasteiger partial charge in [0.15, 0.2) is 0 Å². The van der Waals surface area contributed by atoms with Crippen LogP contribution in [0.3, 0.4) is 0 Å². The highest BCUT2D eigenvalue weighted by Crippen LogP contribution is 2.31. The number of piperidine rings is 1. The summed E-state index contributed by atoms with van der Waals surface area (Å²) in [6, 6.07) is 0.607. The molecule has 2 fully saturated rings. The average Bonchev–Trinajstić information content (AvgIpc) is 2.30. The van der Waals surface area contributed by atoms with Crippen LogP contribution in [-0.4, -0.2) is 39.9 Å². The van der Waals surface area contributed by atoms with E-state index in [0.717, 1.165) is 30.4 Å². The van der Waals surface area contributed by atoms with Gasteiger partial charge in [-0.2, -0.15) is 0 Å². The highest BCUT2D eigenvalue weighted by Gasteiger charge is 2.42. The van der Waals surface area contributed by atoms with Crippen LogP contribution in [0.15, 0.2) is 0 Å². The lowest BCUT2D eigenvalue weighted by atomic mass is 9.91. The molecule has 104 valence electrons. The lowest BCUT2D eigenvalue weighted by Gasteiger charge is -2.47. The third-order valence-electron chi connectivity index (χ3n) is 4.94. The number of likely N-dealkylation sites (tertiary alicyclic amines) is 1. The summed E-state index contributed by atoms with van der Waals surface area (Å²) in [5.74, 6) is 0. The highest BCUT2D eigenvalue weighted by molar-refractivity contribution is 7.79. The maximum Gasteiger partial charge on any atom is 0.267 e. The van der Waals surface area contributed by atoms with Crippen LogP contribution >= 0.6 is 12.2 Å². The van der Waals surface area contributed by atoms with Crippen molar-refractivity contribution >= 4 is 17.3 Å². The Labute approximate surface area is 116 Å². The van der Waals surface area contributed by atoms with Crippen LogP contribution in [-0.2, 0) is 0 Å². The predicted octanol–water partition coefficient (Wildman–Crippen LogP) is 2.31. The van der Waals surface area contributed by atoms with Crippen LogP contribution in [0, 0.1) is 0 Å². The van der Waals surface area contributed by atoms with Gasteiger partial charge in [0.25, 0.3) is 5.11 Å². The van der Waals surface area contributed by atoms with Crippen molar-refractivity contribution in [2.45, 2.75) is 69.9 Å². The van der Waals surface area contributed by atoms with Gasteiger partial charge in [0.05, 0.1) is 25.2 Å². The summed E-state index contributed by atoms with van der Waals surface area (Å²) in [6.07, 6.45) is 10.8. The molecule has 0 aromatic carbocycles. The topological polar surface area (TPSA) is 46.2 Å². The van der Waals surface area contributed by atoms with Crippen LogP contribution in [0.5, 0.6) is 0 Å². The molecule has 0 unspecified atom stereocenters. The normalized spacial score (nSPS) is 35.7. The molecular formula is C14H27N2OS+. The number of hydrogen-bond acceptors (Lipinski definition) is 2. The summed E-state index contributed by atoms with van der Waals surface area (Å²) in [5.41, 5.74) is 6.09. The average molecular weight is 271 g/mol. The number of aliphatic hydroxyl groups excluding tert-OH is 1. The smallest absolute Gasteiger partial charge is 0.267 e. The van der Waals surface area contributed by atoms with E-state index in [1.807, 2.05) is 0 Å². The minimum absolute atomic E-state index is 0.140. The van der Waals surface area contributed by atoms with E-state index in [1.54, 1.807) is 0 Å². The molecule has 1 aliphatic carbocycles. The molecular weight excluding hydrogens is 244 g/mol. The molecule has 0 radical (unpaired) electrons. The van der Waals surface area contributed by atoms with Crippen molar-refractivity contribution in [3.63, 3.8) is 0 Å². The fourth-order valence-electron chi connectivity index (χ4n) is 3.71. The number of thiocarbonyl (C=S) groups is 1. The second kappa shape index (κ2) is 6.31. The van der Waals surface area contributed by atoms with E-state index < -0.39 is 0 Å². The van der Waals surface area contributed by atoms with E-state index in [0.29, 0.717) is 11.2 Å². The van der Waals surface area contributed by atoms with Crippen molar-refractivity contribution in [2.75, 3.05) is 13.1 Å². The fourth-order valence-corrected chi connectivity index (χ4v) is 4.04.